The van der Waals surface area contributed by atoms with E-state index in [1.165, 1.54) is 17.6 Å². The van der Waals surface area contributed by atoms with Gasteiger partial charge in [-0.25, -0.2) is 14.8 Å². The van der Waals surface area contributed by atoms with Crippen LogP contribution in [0.4, 0.5) is 5.13 Å². The van der Waals surface area contributed by atoms with E-state index in [9.17, 15) is 19.5 Å². The molecule has 0 aliphatic heterocycles. The molecule has 0 amide bonds. The predicted octanol–water partition coefficient (Wildman–Crippen LogP) is 5.46. The molecule has 0 saturated heterocycles. The maximum Gasteiger partial charge on any atom is 0.336 e. The minimum Gasteiger partial charge on any atom is -0.478 e. The van der Waals surface area contributed by atoms with Crippen molar-refractivity contribution in [2.45, 2.75) is 6.92 Å². The fraction of sp³-hybridized carbons (Fsp3) is 0.0952. The number of rotatable bonds is 6. The summed E-state index contributed by atoms with van der Waals surface area (Å²) in [5.41, 5.74) is 3.48. The Hall–Kier alpha value is -2.78. The number of aromatic carboxylic acids is 1. The summed E-state index contributed by atoms with van der Waals surface area (Å²) in [6.45, 7) is 1.99. The molecule has 166 valence electrons. The number of halogens is 3. The zero-order chi connectivity index (χ0) is 23.8. The van der Waals surface area contributed by atoms with Crippen molar-refractivity contribution in [3.05, 3.63) is 69.6 Å². The number of hydrogen-bond donors (Lipinski definition) is 1. The Balaban J connectivity index is 0.000000534. The lowest BCUT2D eigenvalue weighted by Crippen LogP contribution is -2.09. The largest absolute Gasteiger partial charge is 0.478 e. The van der Waals surface area contributed by atoms with Crippen LogP contribution in [0.1, 0.15) is 21.5 Å². The Bertz CT molecular complexity index is 1170. The van der Waals surface area contributed by atoms with Crippen LogP contribution >= 0.6 is 46.1 Å². The van der Waals surface area contributed by atoms with E-state index in [-0.39, 0.29) is 5.56 Å². The summed E-state index contributed by atoms with van der Waals surface area (Å²) in [7, 11) is 1.76. The molecule has 0 bridgehead atoms. The number of carbonyl (C=O) groups excluding carboxylic acids is 2. The van der Waals surface area contributed by atoms with Gasteiger partial charge in [0, 0.05) is 23.6 Å². The van der Waals surface area contributed by atoms with Gasteiger partial charge in [0.15, 0.2) is 0 Å². The van der Waals surface area contributed by atoms with Crippen molar-refractivity contribution in [1.82, 2.24) is 4.98 Å². The molecule has 1 N–H and O–H groups in total. The van der Waals surface area contributed by atoms with Crippen LogP contribution in [-0.4, -0.2) is 39.8 Å². The number of carboxylic acid groups (broad SMARTS) is 1. The monoisotopic (exact) mass is 511 g/mol. The quantitative estimate of drug-likeness (QED) is 0.204. The van der Waals surface area contributed by atoms with E-state index in [0.717, 1.165) is 16.8 Å². The molecule has 1 heterocycles. The number of carbonyl (C=O) groups is 3. The van der Waals surface area contributed by atoms with Gasteiger partial charge in [-0.05, 0) is 47.8 Å². The Morgan fingerprint density at radius 1 is 1.12 bits per heavy atom. The third-order valence-electron chi connectivity index (χ3n) is 3.89. The van der Waals surface area contributed by atoms with Crippen LogP contribution in [0, 0.1) is 6.92 Å². The first-order chi connectivity index (χ1) is 15.1. The van der Waals surface area contributed by atoms with Crippen molar-refractivity contribution in [2.75, 3.05) is 12.1 Å². The van der Waals surface area contributed by atoms with Gasteiger partial charge < -0.3 is 5.11 Å². The zero-order valence-corrected chi connectivity index (χ0v) is 19.8. The van der Waals surface area contributed by atoms with Gasteiger partial charge in [0.05, 0.1) is 22.5 Å². The number of hydrazone groups is 1. The highest BCUT2D eigenvalue weighted by Crippen LogP contribution is 2.32. The number of benzene rings is 2. The Kier molecular flexibility index (Phi) is 9.34. The van der Waals surface area contributed by atoms with Gasteiger partial charge in [-0.15, -0.1) is 11.3 Å². The van der Waals surface area contributed by atoms with E-state index in [4.69, 9.17) is 11.6 Å². The lowest BCUT2D eigenvalue weighted by Gasteiger charge is -2.08. The van der Waals surface area contributed by atoms with E-state index in [1.54, 1.807) is 36.3 Å². The number of hydrogen-bond acceptors (Lipinski definition) is 7. The summed E-state index contributed by atoms with van der Waals surface area (Å²) in [5, 5.41) is 16.1. The Morgan fingerprint density at radius 3 is 2.38 bits per heavy atom. The maximum absolute atomic E-state index is 11.3. The highest BCUT2D eigenvalue weighted by molar-refractivity contribution is 7.14. The number of anilines is 1. The minimum atomic E-state index is -1.14. The molecule has 0 unspecified atom stereocenters. The fourth-order valence-electron chi connectivity index (χ4n) is 2.37. The molecular weight excluding hydrogens is 497 g/mol. The second-order valence-electron chi connectivity index (χ2n) is 6.21. The molecule has 1 aromatic heterocycles. The van der Waals surface area contributed by atoms with Gasteiger partial charge in [-0.3, -0.25) is 9.59 Å². The molecule has 0 spiro atoms. The molecule has 0 aliphatic rings. The summed E-state index contributed by atoms with van der Waals surface area (Å²) in [6.07, 6.45) is 1.52. The molecule has 0 aliphatic carbocycles. The fourth-order valence-corrected chi connectivity index (χ4v) is 3.45. The second kappa shape index (κ2) is 11.7. The number of aromatic nitrogens is 1. The zero-order valence-electron chi connectivity index (χ0n) is 16.8. The highest BCUT2D eigenvalue weighted by atomic mass is 35.5. The van der Waals surface area contributed by atoms with Crippen molar-refractivity contribution >= 4 is 73.9 Å². The van der Waals surface area contributed by atoms with Gasteiger partial charge >= 0.3 is 16.5 Å². The number of nitrogens with zero attached hydrogens (tertiary/aromatic N) is 3. The number of carboxylic acids is 1. The lowest BCUT2D eigenvalue weighted by atomic mass is 10.1. The van der Waals surface area contributed by atoms with Crippen LogP contribution in [0.25, 0.3) is 11.3 Å². The van der Waals surface area contributed by atoms with Crippen LogP contribution in [0.3, 0.4) is 0 Å². The predicted molar refractivity (Wildman–Crippen MR) is 128 cm³/mol. The van der Waals surface area contributed by atoms with Crippen molar-refractivity contribution < 1.29 is 19.5 Å². The normalized spacial score (nSPS) is 10.4. The third-order valence-corrected chi connectivity index (χ3v) is 5.55. The summed E-state index contributed by atoms with van der Waals surface area (Å²) >= 11 is 16.7. The van der Waals surface area contributed by atoms with E-state index in [1.807, 2.05) is 30.5 Å². The van der Waals surface area contributed by atoms with Gasteiger partial charge in [-0.2, -0.15) is 5.10 Å². The van der Waals surface area contributed by atoms with Crippen molar-refractivity contribution in [3.8, 4) is 11.3 Å². The summed E-state index contributed by atoms with van der Waals surface area (Å²) in [4.78, 5) is 34.7. The molecule has 32 heavy (non-hydrogen) atoms. The number of thiazole rings is 1. The summed E-state index contributed by atoms with van der Waals surface area (Å²) < 4.78 is 0. The van der Waals surface area contributed by atoms with Crippen LogP contribution < -0.4 is 5.01 Å². The van der Waals surface area contributed by atoms with Gasteiger partial charge in [0.2, 0.25) is 5.13 Å². The van der Waals surface area contributed by atoms with E-state index in [2.05, 4.69) is 33.3 Å². The van der Waals surface area contributed by atoms with Crippen LogP contribution in [0.5, 0.6) is 0 Å². The smallest absolute Gasteiger partial charge is 0.336 e. The summed E-state index contributed by atoms with van der Waals surface area (Å²) in [6, 6.07) is 12.6. The lowest BCUT2D eigenvalue weighted by molar-refractivity contribution is -0.127. The molecule has 0 saturated carbocycles. The van der Waals surface area contributed by atoms with E-state index < -0.39 is 16.5 Å². The van der Waals surface area contributed by atoms with Crippen molar-refractivity contribution in [3.63, 3.8) is 0 Å². The molecule has 0 fully saturated rings. The molecule has 0 atom stereocenters. The second-order valence-corrected chi connectivity index (χ2v) is 8.14. The minimum absolute atomic E-state index is 0.205. The topological polar surface area (TPSA) is 99.9 Å². The summed E-state index contributed by atoms with van der Waals surface area (Å²) in [5.74, 6) is -0.986. The molecular formula is C21H16Cl3N3O4S. The molecule has 3 rings (SSSR count). The van der Waals surface area contributed by atoms with Gasteiger partial charge in [-0.1, -0.05) is 41.9 Å². The van der Waals surface area contributed by atoms with Crippen LogP contribution in [0.15, 0.2) is 52.9 Å². The third kappa shape index (κ3) is 7.13. The number of aryl methyl sites for hydroxylation is 1. The molecule has 3 aromatic rings. The van der Waals surface area contributed by atoms with Crippen molar-refractivity contribution in [2.24, 2.45) is 5.10 Å². The van der Waals surface area contributed by atoms with Gasteiger partial charge in [0.25, 0.3) is 0 Å². The molecule has 2 aromatic carbocycles. The average molecular weight is 513 g/mol. The first-order valence-electron chi connectivity index (χ1n) is 8.81. The molecule has 0 radical (unpaired) electrons. The van der Waals surface area contributed by atoms with E-state index in [0.29, 0.717) is 15.7 Å². The molecule has 11 heteroatoms. The van der Waals surface area contributed by atoms with Crippen molar-refractivity contribution in [1.29, 1.82) is 0 Å². The highest BCUT2D eigenvalue weighted by Gasteiger charge is 2.11. The first-order valence-corrected chi connectivity index (χ1v) is 10.8. The standard InChI is InChI=1S/C19H16ClN3O2S.C2Cl2O2/c1-12-7-8-15(16(20)9-12)17-11-26-19(22-17)23(2)21-10-13-5-3-4-6-14(13)18(24)25;3-1(5)2(4)6/h3-11H,1-2H3,(H,24,25);/b21-10+;. The van der Waals surface area contributed by atoms with Crippen LogP contribution in [-0.2, 0) is 9.59 Å². The van der Waals surface area contributed by atoms with Crippen LogP contribution in [0.2, 0.25) is 5.02 Å². The first kappa shape index (κ1) is 25.5. The molecule has 7 nitrogen and oxygen atoms in total. The Morgan fingerprint density at radius 2 is 1.78 bits per heavy atom. The maximum atomic E-state index is 11.3. The average Bonchev–Trinajstić information content (AvgIpc) is 3.22. The van der Waals surface area contributed by atoms with Gasteiger partial charge in [0.1, 0.15) is 0 Å². The van der Waals surface area contributed by atoms with E-state index >= 15 is 0 Å². The Labute approximate surface area is 202 Å². The SMILES string of the molecule is Cc1ccc(-c2csc(N(C)/N=C/c3ccccc3C(=O)O)n2)c(Cl)c1.O=C(Cl)C(=O)Cl.